The van der Waals surface area contributed by atoms with E-state index < -0.39 is 16.1 Å². The molecule has 1 amide bonds. The minimum atomic E-state index is -3.63. The smallest absolute Gasteiger partial charge is 0.414 e. The summed E-state index contributed by atoms with van der Waals surface area (Å²) >= 11 is 0. The summed E-state index contributed by atoms with van der Waals surface area (Å²) in [5.74, 6) is 0. The number of rotatable bonds is 6. The third-order valence-electron chi connectivity index (χ3n) is 4.42. The van der Waals surface area contributed by atoms with Gasteiger partial charge in [0.25, 0.3) is 0 Å². The van der Waals surface area contributed by atoms with Crippen LogP contribution in [0.15, 0.2) is 53.4 Å². The van der Waals surface area contributed by atoms with E-state index in [-0.39, 0.29) is 11.0 Å². The van der Waals surface area contributed by atoms with Crippen molar-refractivity contribution in [3.63, 3.8) is 0 Å². The number of nitrogens with one attached hydrogen (secondary N) is 1. The number of carbonyl (C=O) groups excluding carboxylic acids is 1. The summed E-state index contributed by atoms with van der Waals surface area (Å²) in [5.41, 5.74) is 2.56. The van der Waals surface area contributed by atoms with Gasteiger partial charge >= 0.3 is 6.09 Å². The summed E-state index contributed by atoms with van der Waals surface area (Å²) in [5, 5.41) is 0. The second-order valence-corrected chi connectivity index (χ2v) is 7.92. The van der Waals surface area contributed by atoms with E-state index in [2.05, 4.69) is 4.72 Å². The van der Waals surface area contributed by atoms with E-state index in [1.165, 1.54) is 4.90 Å². The maximum atomic E-state index is 12.6. The van der Waals surface area contributed by atoms with Gasteiger partial charge in [-0.1, -0.05) is 31.2 Å². The molecule has 138 valence electrons. The molecule has 0 bridgehead atoms. The third-order valence-corrected chi connectivity index (χ3v) is 5.97. The van der Waals surface area contributed by atoms with Gasteiger partial charge in [-0.15, -0.1) is 0 Å². The first-order chi connectivity index (χ1) is 12.4. The monoisotopic (exact) mass is 374 g/mol. The van der Waals surface area contributed by atoms with Gasteiger partial charge in [-0.2, -0.15) is 0 Å². The lowest BCUT2D eigenvalue weighted by Gasteiger charge is -2.18. The van der Waals surface area contributed by atoms with E-state index in [9.17, 15) is 13.2 Å². The first kappa shape index (κ1) is 18.4. The molecule has 0 radical (unpaired) electrons. The van der Waals surface area contributed by atoms with Crippen molar-refractivity contribution in [2.45, 2.75) is 31.2 Å². The van der Waals surface area contributed by atoms with Crippen molar-refractivity contribution in [1.29, 1.82) is 0 Å². The average Bonchev–Trinajstić information content (AvgIpc) is 3.07. The number of anilines is 1. The Morgan fingerprint density at radius 2 is 1.92 bits per heavy atom. The number of sulfonamides is 1. The van der Waals surface area contributed by atoms with Gasteiger partial charge in [0, 0.05) is 11.7 Å². The molecule has 1 fully saturated rings. The van der Waals surface area contributed by atoms with Gasteiger partial charge in [-0.05, 0) is 48.7 Å². The van der Waals surface area contributed by atoms with Crippen LogP contribution in [0.3, 0.4) is 0 Å². The Morgan fingerprint density at radius 1 is 1.19 bits per heavy atom. The number of hydrogen-bond acceptors (Lipinski definition) is 4. The van der Waals surface area contributed by atoms with Gasteiger partial charge in [0.05, 0.1) is 11.4 Å². The van der Waals surface area contributed by atoms with Gasteiger partial charge in [0.2, 0.25) is 10.0 Å². The fourth-order valence-electron chi connectivity index (χ4n) is 2.86. The van der Waals surface area contributed by atoms with Crippen molar-refractivity contribution in [2.24, 2.45) is 0 Å². The van der Waals surface area contributed by atoms with Gasteiger partial charge in [0.1, 0.15) is 6.61 Å². The highest BCUT2D eigenvalue weighted by molar-refractivity contribution is 7.89. The van der Waals surface area contributed by atoms with Crippen LogP contribution in [0.1, 0.15) is 31.0 Å². The highest BCUT2D eigenvalue weighted by Gasteiger charge is 2.24. The highest BCUT2D eigenvalue weighted by Crippen LogP contribution is 2.24. The molecule has 3 rings (SSSR count). The number of benzene rings is 2. The Hall–Kier alpha value is -2.38. The molecule has 0 aliphatic carbocycles. The summed E-state index contributed by atoms with van der Waals surface area (Å²) in [7, 11) is -3.63. The predicted octanol–water partition coefficient (Wildman–Crippen LogP) is 3.25. The zero-order chi connectivity index (χ0) is 18.7. The summed E-state index contributed by atoms with van der Waals surface area (Å²) in [6.07, 6.45) is 0.474. The van der Waals surface area contributed by atoms with Crippen molar-refractivity contribution in [1.82, 2.24) is 4.72 Å². The van der Waals surface area contributed by atoms with Gasteiger partial charge in [0.15, 0.2) is 0 Å². The summed E-state index contributed by atoms with van der Waals surface area (Å²) in [6.45, 7) is 4.65. The van der Waals surface area contributed by atoms with E-state index in [0.29, 0.717) is 18.8 Å². The number of amides is 1. The van der Waals surface area contributed by atoms with Crippen LogP contribution >= 0.6 is 0 Å². The molecule has 0 saturated carbocycles. The van der Waals surface area contributed by atoms with Crippen LogP contribution in [0.2, 0.25) is 0 Å². The molecule has 1 saturated heterocycles. The first-order valence-corrected chi connectivity index (χ1v) is 10.0. The molecule has 1 atom stereocenters. The quantitative estimate of drug-likeness (QED) is 0.842. The maximum Gasteiger partial charge on any atom is 0.414 e. The van der Waals surface area contributed by atoms with Crippen molar-refractivity contribution in [3.05, 3.63) is 59.7 Å². The number of aryl methyl sites for hydroxylation is 1. The first-order valence-electron chi connectivity index (χ1n) is 8.56. The van der Waals surface area contributed by atoms with E-state index in [1.54, 1.807) is 37.3 Å². The second-order valence-electron chi connectivity index (χ2n) is 6.20. The largest absolute Gasteiger partial charge is 0.447 e. The molecule has 1 aliphatic heterocycles. The van der Waals surface area contributed by atoms with E-state index >= 15 is 0 Å². The number of cyclic esters (lactones) is 1. The van der Waals surface area contributed by atoms with Crippen LogP contribution in [-0.4, -0.2) is 27.7 Å². The number of hydrogen-bond donors (Lipinski definition) is 1. The lowest BCUT2D eigenvalue weighted by atomic mass is 10.1. The molecule has 2 aromatic rings. The van der Waals surface area contributed by atoms with Crippen molar-refractivity contribution < 1.29 is 17.9 Å². The number of carbonyl (C=O) groups is 1. The molecule has 1 unspecified atom stereocenters. The normalized spacial score (nSPS) is 15.8. The van der Waals surface area contributed by atoms with Crippen LogP contribution in [0.25, 0.3) is 0 Å². The molecular weight excluding hydrogens is 352 g/mol. The highest BCUT2D eigenvalue weighted by atomic mass is 32.2. The standard InChI is InChI=1S/C19H22N2O4S/c1-3-15-7-9-18(10-8-15)26(23,24)20-14(2)16-5-4-6-17(13-16)21-11-12-25-19(21)22/h4-10,13-14,20H,3,11-12H2,1-2H3. The van der Waals surface area contributed by atoms with Gasteiger partial charge in [-0.25, -0.2) is 17.9 Å². The molecule has 1 heterocycles. The van der Waals surface area contributed by atoms with Gasteiger partial charge in [-0.3, -0.25) is 4.90 Å². The van der Waals surface area contributed by atoms with E-state index in [4.69, 9.17) is 4.74 Å². The number of ether oxygens (including phenoxy) is 1. The van der Waals surface area contributed by atoms with Crippen LogP contribution in [0, 0.1) is 0 Å². The minimum absolute atomic E-state index is 0.237. The molecule has 6 nitrogen and oxygen atoms in total. The molecular formula is C19H22N2O4S. The molecule has 26 heavy (non-hydrogen) atoms. The second kappa shape index (κ2) is 7.47. The zero-order valence-corrected chi connectivity index (χ0v) is 15.6. The third kappa shape index (κ3) is 3.89. The van der Waals surface area contributed by atoms with Gasteiger partial charge < -0.3 is 4.74 Å². The summed E-state index contributed by atoms with van der Waals surface area (Å²) < 4.78 is 32.9. The summed E-state index contributed by atoms with van der Waals surface area (Å²) in [4.78, 5) is 13.5. The van der Waals surface area contributed by atoms with Crippen molar-refractivity contribution in [2.75, 3.05) is 18.1 Å². The molecule has 1 aliphatic rings. The molecule has 0 spiro atoms. The lowest BCUT2D eigenvalue weighted by Crippen LogP contribution is -2.27. The fraction of sp³-hybridized carbons (Fsp3) is 0.316. The Morgan fingerprint density at radius 3 is 2.54 bits per heavy atom. The molecule has 0 aromatic heterocycles. The number of nitrogens with zero attached hydrogens (tertiary/aromatic N) is 1. The zero-order valence-electron chi connectivity index (χ0n) is 14.8. The minimum Gasteiger partial charge on any atom is -0.447 e. The van der Waals surface area contributed by atoms with Crippen molar-refractivity contribution >= 4 is 21.8 Å². The Bertz CT molecular complexity index is 894. The maximum absolute atomic E-state index is 12.6. The molecule has 1 N–H and O–H groups in total. The molecule has 2 aromatic carbocycles. The van der Waals surface area contributed by atoms with Crippen LogP contribution < -0.4 is 9.62 Å². The fourth-order valence-corrected chi connectivity index (χ4v) is 4.10. The van der Waals surface area contributed by atoms with Crippen LogP contribution in [0.4, 0.5) is 10.5 Å². The molecule has 7 heteroatoms. The Labute approximate surface area is 153 Å². The predicted molar refractivity (Wildman–Crippen MR) is 99.7 cm³/mol. The SMILES string of the molecule is CCc1ccc(S(=O)(=O)NC(C)c2cccc(N3CCOC3=O)c2)cc1. The Kier molecular flexibility index (Phi) is 5.29. The van der Waals surface area contributed by atoms with Crippen LogP contribution in [-0.2, 0) is 21.2 Å². The Balaban J connectivity index is 1.78. The average molecular weight is 374 g/mol. The lowest BCUT2D eigenvalue weighted by molar-refractivity contribution is 0.181. The van der Waals surface area contributed by atoms with Crippen molar-refractivity contribution in [3.8, 4) is 0 Å². The van der Waals surface area contributed by atoms with E-state index in [0.717, 1.165) is 17.5 Å². The summed E-state index contributed by atoms with van der Waals surface area (Å²) in [6, 6.07) is 13.7. The topological polar surface area (TPSA) is 75.7 Å². The van der Waals surface area contributed by atoms with Crippen LogP contribution in [0.5, 0.6) is 0 Å². The van der Waals surface area contributed by atoms with E-state index in [1.807, 2.05) is 25.1 Å².